The minimum Gasteiger partial charge on any atom is -0.465 e. The molecule has 230 valence electrons. The second kappa shape index (κ2) is 13.2. The lowest BCUT2D eigenvalue weighted by Crippen LogP contribution is -2.40. The highest BCUT2D eigenvalue weighted by Gasteiger charge is 2.37. The van der Waals surface area contributed by atoms with E-state index in [-0.39, 0.29) is 11.7 Å². The van der Waals surface area contributed by atoms with Gasteiger partial charge in [-0.25, -0.2) is 19.3 Å². The highest BCUT2D eigenvalue weighted by Crippen LogP contribution is 2.35. The van der Waals surface area contributed by atoms with Crippen molar-refractivity contribution in [1.82, 2.24) is 24.6 Å². The number of anilines is 1. The fourth-order valence-electron chi connectivity index (χ4n) is 5.32. The Morgan fingerprint density at radius 1 is 1.16 bits per heavy atom. The van der Waals surface area contributed by atoms with Crippen molar-refractivity contribution in [1.29, 1.82) is 0 Å². The number of carbonyl (C=O) groups is 2. The Kier molecular flexibility index (Phi) is 9.16. The number of methoxy groups -OCH3 is 2. The molecule has 44 heavy (non-hydrogen) atoms. The molecule has 2 N–H and O–H groups in total. The number of para-hydroxylation sites is 1. The van der Waals surface area contributed by atoms with Crippen LogP contribution in [0.25, 0.3) is 16.9 Å². The number of nitrogens with zero attached hydrogens (tertiary/aromatic N) is 4. The quantitative estimate of drug-likeness (QED) is 0.217. The van der Waals surface area contributed by atoms with Gasteiger partial charge in [0.25, 0.3) is 5.56 Å². The molecule has 0 spiro atoms. The maximum absolute atomic E-state index is 14.0. The minimum absolute atomic E-state index is 0.142. The molecule has 0 unspecified atom stereocenters. The van der Waals surface area contributed by atoms with Gasteiger partial charge in [-0.05, 0) is 55.7 Å². The number of amides is 2. The van der Waals surface area contributed by atoms with Crippen LogP contribution in [0, 0.1) is 12.9 Å². The van der Waals surface area contributed by atoms with Gasteiger partial charge in [-0.1, -0.05) is 18.2 Å². The number of esters is 1. The van der Waals surface area contributed by atoms with Crippen molar-refractivity contribution >= 4 is 17.8 Å². The van der Waals surface area contributed by atoms with Crippen molar-refractivity contribution in [3.8, 4) is 16.9 Å². The third kappa shape index (κ3) is 6.38. The lowest BCUT2D eigenvalue weighted by molar-refractivity contribution is 0.0210. The van der Waals surface area contributed by atoms with Gasteiger partial charge in [0.05, 0.1) is 30.6 Å². The van der Waals surface area contributed by atoms with Gasteiger partial charge in [0, 0.05) is 44.3 Å². The van der Waals surface area contributed by atoms with Gasteiger partial charge in [-0.15, -0.1) is 0 Å². The van der Waals surface area contributed by atoms with Crippen LogP contribution in [0.3, 0.4) is 0 Å². The molecule has 4 aromatic rings. The molecule has 3 aromatic heterocycles. The number of ether oxygens (including phenoxy) is 3. The molecule has 13 heteroatoms. The Morgan fingerprint density at radius 3 is 2.64 bits per heavy atom. The summed E-state index contributed by atoms with van der Waals surface area (Å²) >= 11 is 0. The Bertz CT molecular complexity index is 1720. The number of aromatic nitrogens is 4. The van der Waals surface area contributed by atoms with E-state index in [1.54, 1.807) is 31.0 Å². The molecule has 0 bridgehead atoms. The third-order valence-corrected chi connectivity index (χ3v) is 7.48. The summed E-state index contributed by atoms with van der Waals surface area (Å²) < 4.78 is 33.1. The van der Waals surface area contributed by atoms with Crippen LogP contribution in [0.5, 0.6) is 0 Å². The Labute approximate surface area is 252 Å². The van der Waals surface area contributed by atoms with Gasteiger partial charge in [0.1, 0.15) is 17.5 Å². The molecular weight excluding hydrogens is 571 g/mol. The summed E-state index contributed by atoms with van der Waals surface area (Å²) in [6.45, 7) is 2.25. The number of benzene rings is 1. The lowest BCUT2D eigenvalue weighted by atomic mass is 10.0. The van der Waals surface area contributed by atoms with E-state index in [0.29, 0.717) is 53.3 Å². The van der Waals surface area contributed by atoms with E-state index in [0.717, 1.165) is 0 Å². The SMILES string of the molecule is COCC[C@@H]1C[C@@H](NC(=O)Nc2c(C)c(-c3cc(C(=O)OC)c(=O)n(C)c3)nn2-c2ccccc2)[C@H](c2ccnc(F)c2)O1. The lowest BCUT2D eigenvalue weighted by Gasteiger charge is -2.21. The van der Waals surface area contributed by atoms with Crippen molar-refractivity contribution in [2.45, 2.75) is 38.0 Å². The van der Waals surface area contributed by atoms with Crippen molar-refractivity contribution in [2.75, 3.05) is 26.1 Å². The first-order chi connectivity index (χ1) is 21.2. The molecule has 2 amide bonds. The summed E-state index contributed by atoms with van der Waals surface area (Å²) in [7, 11) is 4.34. The van der Waals surface area contributed by atoms with Crippen molar-refractivity contribution in [3.05, 3.63) is 93.9 Å². The van der Waals surface area contributed by atoms with E-state index < -0.39 is 35.7 Å². The van der Waals surface area contributed by atoms with Crippen molar-refractivity contribution in [3.63, 3.8) is 0 Å². The molecule has 12 nitrogen and oxygen atoms in total. The topological polar surface area (TPSA) is 139 Å². The zero-order valence-corrected chi connectivity index (χ0v) is 24.7. The van der Waals surface area contributed by atoms with E-state index in [1.165, 1.54) is 37.1 Å². The fraction of sp³-hybridized carbons (Fsp3) is 0.323. The average molecular weight is 605 g/mol. The first kappa shape index (κ1) is 30.6. The number of nitrogens with one attached hydrogen (secondary N) is 2. The van der Waals surface area contributed by atoms with E-state index in [1.807, 2.05) is 30.3 Å². The summed E-state index contributed by atoms with van der Waals surface area (Å²) in [6, 6.07) is 12.6. The van der Waals surface area contributed by atoms with E-state index >= 15 is 0 Å². The summed E-state index contributed by atoms with van der Waals surface area (Å²) in [5.41, 5.74) is 2.09. The van der Waals surface area contributed by atoms with E-state index in [2.05, 4.69) is 15.6 Å². The van der Waals surface area contributed by atoms with Gasteiger partial charge in [-0.2, -0.15) is 9.49 Å². The van der Waals surface area contributed by atoms with Crippen LogP contribution in [0.2, 0.25) is 0 Å². The number of rotatable bonds is 9. The largest absolute Gasteiger partial charge is 0.465 e. The number of halogens is 1. The summed E-state index contributed by atoms with van der Waals surface area (Å²) in [4.78, 5) is 42.1. The number of hydrogen-bond donors (Lipinski definition) is 2. The number of pyridine rings is 2. The van der Waals surface area contributed by atoms with E-state index in [4.69, 9.17) is 19.3 Å². The molecular formula is C31H33FN6O6. The first-order valence-corrected chi connectivity index (χ1v) is 14.0. The zero-order chi connectivity index (χ0) is 31.4. The number of aryl methyl sites for hydroxylation is 1. The first-order valence-electron chi connectivity index (χ1n) is 14.0. The second-order valence-electron chi connectivity index (χ2n) is 10.4. The maximum atomic E-state index is 14.0. The van der Waals surface area contributed by atoms with Crippen LogP contribution >= 0.6 is 0 Å². The predicted octanol–water partition coefficient (Wildman–Crippen LogP) is 3.92. The Morgan fingerprint density at radius 2 is 1.93 bits per heavy atom. The van der Waals surface area contributed by atoms with Gasteiger partial charge in [0.2, 0.25) is 5.95 Å². The minimum atomic E-state index is -0.767. The summed E-state index contributed by atoms with van der Waals surface area (Å²) in [5.74, 6) is -1.03. The van der Waals surface area contributed by atoms with Crippen LogP contribution in [0.1, 0.15) is 40.4 Å². The van der Waals surface area contributed by atoms with Crippen LogP contribution in [0.15, 0.2) is 65.7 Å². The Balaban J connectivity index is 1.48. The van der Waals surface area contributed by atoms with Crippen LogP contribution in [-0.2, 0) is 21.3 Å². The van der Waals surface area contributed by atoms with Gasteiger partial charge in [0.15, 0.2) is 0 Å². The predicted molar refractivity (Wildman–Crippen MR) is 159 cm³/mol. The molecule has 5 rings (SSSR count). The standard InChI is InChI=1S/C31H33FN6O6/c1-18-26(20-14-23(30(40)43-4)29(39)37(2)17-20)36-38(21-8-6-5-7-9-21)28(18)35-31(41)34-24-16-22(11-13-42-3)44-27(24)19-10-12-33-25(32)15-19/h5-10,12,14-15,17,22,24,27H,11,13,16H2,1-4H3,(H2,34,35,41)/t22-,24-,27+/m1/s1. The second-order valence-corrected chi connectivity index (χ2v) is 10.4. The molecule has 1 aliphatic heterocycles. The highest BCUT2D eigenvalue weighted by atomic mass is 19.1. The maximum Gasteiger partial charge on any atom is 0.343 e. The molecule has 3 atom stereocenters. The molecule has 1 fully saturated rings. The Hall–Kier alpha value is -4.88. The molecule has 0 saturated carbocycles. The molecule has 0 radical (unpaired) electrons. The van der Waals surface area contributed by atoms with Crippen molar-refractivity contribution < 1.29 is 28.2 Å². The van der Waals surface area contributed by atoms with Gasteiger partial charge >= 0.3 is 12.0 Å². The average Bonchev–Trinajstić information content (AvgIpc) is 3.57. The number of hydrogen-bond acceptors (Lipinski definition) is 8. The zero-order valence-electron chi connectivity index (χ0n) is 24.7. The molecule has 1 aliphatic rings. The molecule has 0 aliphatic carbocycles. The number of urea groups is 1. The smallest absolute Gasteiger partial charge is 0.343 e. The van der Waals surface area contributed by atoms with Gasteiger partial charge in [-0.3, -0.25) is 10.1 Å². The molecule has 1 saturated heterocycles. The highest BCUT2D eigenvalue weighted by molar-refractivity contribution is 5.92. The summed E-state index contributed by atoms with van der Waals surface area (Å²) in [6.07, 6.45) is 3.22. The fourth-order valence-corrected chi connectivity index (χ4v) is 5.32. The molecule has 4 heterocycles. The van der Waals surface area contributed by atoms with Crippen LogP contribution in [-0.4, -0.2) is 64.3 Å². The summed E-state index contributed by atoms with van der Waals surface area (Å²) in [5, 5.41) is 10.7. The van der Waals surface area contributed by atoms with Crippen molar-refractivity contribution in [2.24, 2.45) is 7.05 Å². The monoisotopic (exact) mass is 604 g/mol. The van der Waals surface area contributed by atoms with Crippen LogP contribution < -0.4 is 16.2 Å². The van der Waals surface area contributed by atoms with Gasteiger partial charge < -0.3 is 24.1 Å². The van der Waals surface area contributed by atoms with Crippen LogP contribution in [0.4, 0.5) is 15.0 Å². The third-order valence-electron chi connectivity index (χ3n) is 7.48. The normalized spacial score (nSPS) is 17.8. The molecule has 1 aromatic carbocycles. The van der Waals surface area contributed by atoms with E-state index in [9.17, 15) is 18.8 Å². The number of carbonyl (C=O) groups excluding carboxylic acids is 2.